The zero-order valence-electron chi connectivity index (χ0n) is 16.6. The fourth-order valence-electron chi connectivity index (χ4n) is 3.32. The lowest BCUT2D eigenvalue weighted by Gasteiger charge is -2.13. The van der Waals surface area contributed by atoms with Gasteiger partial charge in [-0.15, -0.1) is 5.53 Å². The number of fused-ring (bicyclic) bond motifs is 1. The van der Waals surface area contributed by atoms with Crippen molar-refractivity contribution in [1.29, 1.82) is 0 Å². The number of carboxylic acids is 1. The van der Waals surface area contributed by atoms with Gasteiger partial charge >= 0.3 is 5.97 Å². The smallest absolute Gasteiger partial charge is 0.332 e. The molecule has 6 N–H and O–H groups in total. The zero-order chi connectivity index (χ0) is 22.0. The highest BCUT2D eigenvalue weighted by Gasteiger charge is 2.19. The van der Waals surface area contributed by atoms with E-state index in [0.29, 0.717) is 40.8 Å². The minimum absolute atomic E-state index is 0.00886. The molecular weight excluding hydrogens is 402 g/mol. The van der Waals surface area contributed by atoms with Gasteiger partial charge in [0.15, 0.2) is 17.6 Å². The van der Waals surface area contributed by atoms with Gasteiger partial charge in [0, 0.05) is 6.42 Å². The minimum atomic E-state index is -1.46. The molecule has 10 nitrogen and oxygen atoms in total. The molecule has 31 heavy (non-hydrogen) atoms. The number of hydrogen-bond donors (Lipinski definition) is 6. The van der Waals surface area contributed by atoms with E-state index in [1.54, 1.807) is 18.2 Å². The number of aliphatic hydroxyl groups is 1. The number of H-pyrrole nitrogens is 1. The first-order valence-electron chi connectivity index (χ1n) is 9.65. The van der Waals surface area contributed by atoms with E-state index in [4.69, 9.17) is 9.84 Å². The summed E-state index contributed by atoms with van der Waals surface area (Å²) in [7, 11) is 0. The Bertz CT molecular complexity index is 1190. The third kappa shape index (κ3) is 4.20. The molecule has 0 unspecified atom stereocenters. The SMILES string of the molecule is CCOc1cc(-c2cccc(C[C@H](O)C(=O)O)c2)ccc1-c1nc2c(c(=O)[nH]1)NNN2. The molecule has 2 heterocycles. The number of anilines is 2. The molecular formula is C21H21N5O5. The van der Waals surface area contributed by atoms with Gasteiger partial charge in [-0.2, -0.15) is 0 Å². The summed E-state index contributed by atoms with van der Waals surface area (Å²) in [6.07, 6.45) is -1.45. The number of nitrogens with one attached hydrogen (secondary N) is 4. The van der Waals surface area contributed by atoms with Crippen LogP contribution in [0.2, 0.25) is 0 Å². The van der Waals surface area contributed by atoms with E-state index in [2.05, 4.69) is 26.4 Å². The Kier molecular flexibility index (Phi) is 5.56. The maximum absolute atomic E-state index is 12.3. The van der Waals surface area contributed by atoms with Crippen molar-refractivity contribution < 1.29 is 19.7 Å². The van der Waals surface area contributed by atoms with E-state index in [1.807, 2.05) is 31.2 Å². The van der Waals surface area contributed by atoms with Gasteiger partial charge in [-0.05, 0) is 35.7 Å². The number of carboxylic acid groups (broad SMARTS) is 1. The van der Waals surface area contributed by atoms with Crippen LogP contribution in [0.1, 0.15) is 12.5 Å². The summed E-state index contributed by atoms with van der Waals surface area (Å²) in [4.78, 5) is 30.4. The van der Waals surface area contributed by atoms with E-state index in [0.717, 1.165) is 11.1 Å². The third-order valence-corrected chi connectivity index (χ3v) is 4.80. The third-order valence-electron chi connectivity index (χ3n) is 4.80. The predicted octanol–water partition coefficient (Wildman–Crippen LogP) is 1.75. The molecule has 0 amide bonds. The van der Waals surface area contributed by atoms with Crippen LogP contribution in [0.5, 0.6) is 5.75 Å². The molecule has 0 spiro atoms. The number of hydrazine groups is 2. The molecule has 0 saturated heterocycles. The normalized spacial score (nSPS) is 13.1. The Morgan fingerprint density at radius 1 is 1.16 bits per heavy atom. The standard InChI is InChI=1S/C21H21N5O5/c1-2-31-16-10-13(12-5-3-4-11(8-12)9-15(27)21(29)30)6-7-14(16)18-22-19-17(20(28)23-18)24-26-25-19/h3-8,10,15,24,26-27H,2,9H2,1H3,(H,29,30)(H2,22,23,25,28)/t15-/m0/s1. The summed E-state index contributed by atoms with van der Waals surface area (Å²) in [5.74, 6) is 0.0205. The maximum Gasteiger partial charge on any atom is 0.332 e. The second kappa shape index (κ2) is 8.46. The molecule has 0 saturated carbocycles. The molecule has 1 atom stereocenters. The second-order valence-corrected chi connectivity index (χ2v) is 6.92. The number of benzene rings is 2. The highest BCUT2D eigenvalue weighted by Crippen LogP contribution is 2.34. The van der Waals surface area contributed by atoms with Gasteiger partial charge in [0.05, 0.1) is 12.2 Å². The quantitative estimate of drug-likeness (QED) is 0.334. The average molecular weight is 423 g/mol. The highest BCUT2D eigenvalue weighted by molar-refractivity contribution is 5.76. The summed E-state index contributed by atoms with van der Waals surface area (Å²) in [5, 5.41) is 18.6. The predicted molar refractivity (Wildman–Crippen MR) is 115 cm³/mol. The first-order valence-corrected chi connectivity index (χ1v) is 9.65. The first kappa shape index (κ1) is 20.4. The zero-order valence-corrected chi connectivity index (χ0v) is 16.6. The molecule has 3 aromatic rings. The first-order chi connectivity index (χ1) is 15.0. The molecule has 1 aliphatic rings. The fraction of sp³-hybridized carbons (Fsp3) is 0.190. The van der Waals surface area contributed by atoms with Gasteiger partial charge in [-0.1, -0.05) is 30.3 Å². The van der Waals surface area contributed by atoms with Crippen LogP contribution in [0.4, 0.5) is 11.5 Å². The van der Waals surface area contributed by atoms with Crippen LogP contribution in [0.15, 0.2) is 47.3 Å². The van der Waals surface area contributed by atoms with Crippen LogP contribution in [-0.4, -0.2) is 38.9 Å². The topological polar surface area (TPSA) is 149 Å². The van der Waals surface area contributed by atoms with Crippen molar-refractivity contribution in [2.75, 3.05) is 17.5 Å². The lowest BCUT2D eigenvalue weighted by Crippen LogP contribution is -2.21. The van der Waals surface area contributed by atoms with Crippen molar-refractivity contribution in [1.82, 2.24) is 15.5 Å². The Hall–Kier alpha value is -3.89. The fourth-order valence-corrected chi connectivity index (χ4v) is 3.32. The number of aliphatic hydroxyl groups excluding tert-OH is 1. The van der Waals surface area contributed by atoms with Crippen molar-refractivity contribution in [3.05, 3.63) is 58.4 Å². The molecule has 1 aromatic heterocycles. The molecule has 160 valence electrons. The molecule has 0 aliphatic carbocycles. The number of aromatic nitrogens is 2. The van der Waals surface area contributed by atoms with Gasteiger partial charge < -0.3 is 19.9 Å². The summed E-state index contributed by atoms with van der Waals surface area (Å²) in [5.41, 5.74) is 11.1. The lowest BCUT2D eigenvalue weighted by molar-refractivity contribution is -0.146. The van der Waals surface area contributed by atoms with Crippen molar-refractivity contribution in [2.45, 2.75) is 19.4 Å². The summed E-state index contributed by atoms with van der Waals surface area (Å²) in [6.45, 7) is 2.27. The summed E-state index contributed by atoms with van der Waals surface area (Å²) in [6, 6.07) is 12.8. The Morgan fingerprint density at radius 3 is 2.74 bits per heavy atom. The summed E-state index contributed by atoms with van der Waals surface area (Å²) >= 11 is 0. The molecule has 1 aliphatic heterocycles. The molecule has 4 rings (SSSR count). The van der Waals surface area contributed by atoms with Crippen molar-refractivity contribution >= 4 is 17.5 Å². The molecule has 10 heteroatoms. The number of carbonyl (C=O) groups is 1. The largest absolute Gasteiger partial charge is 0.493 e. The van der Waals surface area contributed by atoms with Crippen LogP contribution in [-0.2, 0) is 11.2 Å². The van der Waals surface area contributed by atoms with E-state index in [9.17, 15) is 14.7 Å². The minimum Gasteiger partial charge on any atom is -0.493 e. The molecule has 0 bridgehead atoms. The highest BCUT2D eigenvalue weighted by atomic mass is 16.5. The van der Waals surface area contributed by atoms with Gasteiger partial charge in [-0.25, -0.2) is 9.78 Å². The average Bonchev–Trinajstić information content (AvgIpc) is 3.23. The van der Waals surface area contributed by atoms with Crippen molar-refractivity contribution in [2.24, 2.45) is 0 Å². The monoisotopic (exact) mass is 423 g/mol. The number of aliphatic carboxylic acids is 1. The van der Waals surface area contributed by atoms with E-state index in [-0.39, 0.29) is 12.0 Å². The van der Waals surface area contributed by atoms with Gasteiger partial charge in [-0.3, -0.25) is 15.6 Å². The van der Waals surface area contributed by atoms with E-state index < -0.39 is 12.1 Å². The number of ether oxygens (including phenoxy) is 1. The Labute approximate surface area is 176 Å². The Balaban J connectivity index is 1.71. The molecule has 0 radical (unpaired) electrons. The number of rotatable bonds is 7. The van der Waals surface area contributed by atoms with Gasteiger partial charge in [0.25, 0.3) is 5.56 Å². The van der Waals surface area contributed by atoms with Crippen LogP contribution >= 0.6 is 0 Å². The molecule has 2 aromatic carbocycles. The maximum atomic E-state index is 12.3. The summed E-state index contributed by atoms with van der Waals surface area (Å²) < 4.78 is 5.81. The van der Waals surface area contributed by atoms with E-state index in [1.165, 1.54) is 0 Å². The van der Waals surface area contributed by atoms with E-state index >= 15 is 0 Å². The number of hydrogen-bond acceptors (Lipinski definition) is 8. The van der Waals surface area contributed by atoms with Gasteiger partial charge in [0.1, 0.15) is 11.6 Å². The van der Waals surface area contributed by atoms with Crippen molar-refractivity contribution in [3.63, 3.8) is 0 Å². The second-order valence-electron chi connectivity index (χ2n) is 6.92. The van der Waals surface area contributed by atoms with Crippen molar-refractivity contribution in [3.8, 4) is 28.3 Å². The molecule has 0 fully saturated rings. The van der Waals surface area contributed by atoms with Crippen LogP contribution in [0, 0.1) is 0 Å². The van der Waals surface area contributed by atoms with Gasteiger partial charge in [0.2, 0.25) is 0 Å². The lowest BCUT2D eigenvalue weighted by atomic mass is 9.98. The van der Waals surface area contributed by atoms with Crippen LogP contribution in [0.25, 0.3) is 22.5 Å². The van der Waals surface area contributed by atoms with Crippen LogP contribution in [0.3, 0.4) is 0 Å². The number of aromatic amines is 1. The Morgan fingerprint density at radius 2 is 1.97 bits per heavy atom. The number of nitrogens with zero attached hydrogens (tertiary/aromatic N) is 1. The van der Waals surface area contributed by atoms with Crippen LogP contribution < -0.4 is 26.7 Å².